The first-order chi connectivity index (χ1) is 17.0. The third-order valence-electron chi connectivity index (χ3n) is 6.10. The molecule has 178 valence electrons. The molecular formula is C27H26N4O4. The van der Waals surface area contributed by atoms with E-state index >= 15 is 0 Å². The van der Waals surface area contributed by atoms with Crippen LogP contribution in [0.5, 0.6) is 5.75 Å². The van der Waals surface area contributed by atoms with Gasteiger partial charge in [-0.1, -0.05) is 48.5 Å². The summed E-state index contributed by atoms with van der Waals surface area (Å²) in [6.45, 7) is 2.10. The van der Waals surface area contributed by atoms with Gasteiger partial charge in [-0.3, -0.25) is 9.69 Å². The number of imide groups is 1. The largest absolute Gasteiger partial charge is 0.491 e. The van der Waals surface area contributed by atoms with Crippen LogP contribution >= 0.6 is 0 Å². The molecule has 0 spiro atoms. The molecule has 2 atom stereocenters. The number of imidazole rings is 1. The van der Waals surface area contributed by atoms with Crippen LogP contribution in [0.4, 0.5) is 4.79 Å². The zero-order valence-electron chi connectivity index (χ0n) is 19.3. The average Bonchev–Trinajstić information content (AvgIpc) is 3.42. The van der Waals surface area contributed by atoms with Gasteiger partial charge in [0.25, 0.3) is 5.91 Å². The normalized spacial score (nSPS) is 16.5. The fraction of sp³-hybridized carbons (Fsp3) is 0.222. The molecule has 2 heterocycles. The zero-order valence-corrected chi connectivity index (χ0v) is 19.3. The monoisotopic (exact) mass is 470 g/mol. The van der Waals surface area contributed by atoms with Gasteiger partial charge in [-0.25, -0.2) is 9.78 Å². The SMILES string of the molecule is Cc1ccc2nc(C(Cc3ccccc3)N3C(=O)N[C@H](c4ccc(OCCO)cc4)C3=O)[nH]c2c1. The van der Waals surface area contributed by atoms with Crippen molar-refractivity contribution in [1.29, 1.82) is 0 Å². The predicted molar refractivity (Wildman–Crippen MR) is 131 cm³/mol. The molecule has 3 N–H and O–H groups in total. The van der Waals surface area contributed by atoms with E-state index in [4.69, 9.17) is 14.8 Å². The van der Waals surface area contributed by atoms with E-state index in [1.54, 1.807) is 24.3 Å². The highest BCUT2D eigenvalue weighted by atomic mass is 16.5. The standard InChI is InChI=1S/C27H26N4O4/c1-17-7-12-21-22(15-17)29-25(28-21)23(16-18-5-3-2-4-6-18)31-26(33)24(30-27(31)34)19-8-10-20(11-9-19)35-14-13-32/h2-12,15,23-24,32H,13-14,16H2,1H3,(H,28,29)(H,30,34)/t23?,24-/m1/s1. The van der Waals surface area contributed by atoms with Gasteiger partial charge in [0.15, 0.2) is 0 Å². The molecule has 0 aliphatic carbocycles. The lowest BCUT2D eigenvalue weighted by Gasteiger charge is -2.24. The van der Waals surface area contributed by atoms with E-state index in [-0.39, 0.29) is 19.1 Å². The Bertz CT molecular complexity index is 1350. The van der Waals surface area contributed by atoms with Crippen molar-refractivity contribution in [2.45, 2.75) is 25.4 Å². The molecule has 0 bridgehead atoms. The van der Waals surface area contributed by atoms with Crippen molar-refractivity contribution in [3.63, 3.8) is 0 Å². The van der Waals surface area contributed by atoms with E-state index in [2.05, 4.69) is 10.3 Å². The van der Waals surface area contributed by atoms with Crippen LogP contribution in [0.1, 0.15) is 34.6 Å². The number of amides is 3. The van der Waals surface area contributed by atoms with Crippen molar-refractivity contribution < 1.29 is 19.4 Å². The number of ether oxygens (including phenoxy) is 1. The van der Waals surface area contributed by atoms with E-state index in [9.17, 15) is 9.59 Å². The van der Waals surface area contributed by atoms with Crippen molar-refractivity contribution in [3.8, 4) is 5.75 Å². The van der Waals surface area contributed by atoms with E-state index < -0.39 is 18.1 Å². The molecule has 35 heavy (non-hydrogen) atoms. The highest BCUT2D eigenvalue weighted by Crippen LogP contribution is 2.33. The second-order valence-electron chi connectivity index (χ2n) is 8.58. The number of nitrogens with one attached hydrogen (secondary N) is 2. The molecular weight excluding hydrogens is 444 g/mol. The lowest BCUT2D eigenvalue weighted by molar-refractivity contribution is -0.129. The van der Waals surface area contributed by atoms with Gasteiger partial charge in [-0.2, -0.15) is 0 Å². The zero-order chi connectivity index (χ0) is 24.4. The van der Waals surface area contributed by atoms with Crippen molar-refractivity contribution in [3.05, 3.63) is 95.3 Å². The van der Waals surface area contributed by atoms with Gasteiger partial charge in [0, 0.05) is 6.42 Å². The summed E-state index contributed by atoms with van der Waals surface area (Å²) in [5.74, 6) is 0.805. The molecule has 8 heteroatoms. The Labute approximate surface area is 202 Å². The molecule has 0 radical (unpaired) electrons. The predicted octanol–water partition coefficient (Wildman–Crippen LogP) is 3.82. The maximum Gasteiger partial charge on any atom is 0.325 e. The third kappa shape index (κ3) is 4.61. The lowest BCUT2D eigenvalue weighted by Crippen LogP contribution is -2.36. The number of carbonyl (C=O) groups excluding carboxylic acids is 2. The summed E-state index contributed by atoms with van der Waals surface area (Å²) in [4.78, 5) is 36.1. The summed E-state index contributed by atoms with van der Waals surface area (Å²) in [5.41, 5.74) is 4.38. The van der Waals surface area contributed by atoms with Crippen molar-refractivity contribution in [2.24, 2.45) is 0 Å². The summed E-state index contributed by atoms with van der Waals surface area (Å²) < 4.78 is 5.40. The van der Waals surface area contributed by atoms with Gasteiger partial charge in [0.2, 0.25) is 0 Å². The molecule has 0 saturated carbocycles. The molecule has 3 aromatic carbocycles. The fourth-order valence-corrected chi connectivity index (χ4v) is 4.38. The number of aliphatic hydroxyl groups is 1. The Morgan fingerprint density at radius 3 is 2.57 bits per heavy atom. The summed E-state index contributed by atoms with van der Waals surface area (Å²) in [6.07, 6.45) is 0.430. The molecule has 1 saturated heterocycles. The van der Waals surface area contributed by atoms with Crippen LogP contribution < -0.4 is 10.1 Å². The van der Waals surface area contributed by atoms with E-state index in [0.717, 1.165) is 22.2 Å². The summed E-state index contributed by atoms with van der Waals surface area (Å²) in [6, 6.07) is 20.7. The molecule has 3 amide bonds. The van der Waals surface area contributed by atoms with Gasteiger partial charge in [0.1, 0.15) is 30.3 Å². The van der Waals surface area contributed by atoms with Crippen molar-refractivity contribution >= 4 is 23.0 Å². The number of nitrogens with zero attached hydrogens (tertiary/aromatic N) is 2. The topological polar surface area (TPSA) is 108 Å². The number of aromatic nitrogens is 2. The number of aromatic amines is 1. The first-order valence-electron chi connectivity index (χ1n) is 11.5. The smallest absolute Gasteiger partial charge is 0.325 e. The fourth-order valence-electron chi connectivity index (χ4n) is 4.38. The number of fused-ring (bicyclic) bond motifs is 1. The Morgan fingerprint density at radius 2 is 1.83 bits per heavy atom. The molecule has 1 unspecified atom stereocenters. The average molecular weight is 471 g/mol. The minimum absolute atomic E-state index is 0.0853. The minimum Gasteiger partial charge on any atom is -0.491 e. The summed E-state index contributed by atoms with van der Waals surface area (Å²) >= 11 is 0. The van der Waals surface area contributed by atoms with Crippen LogP contribution in [0.25, 0.3) is 11.0 Å². The number of carbonyl (C=O) groups is 2. The molecule has 1 aliphatic heterocycles. The summed E-state index contributed by atoms with van der Waals surface area (Å²) in [5, 5.41) is 11.8. The molecule has 8 nitrogen and oxygen atoms in total. The van der Waals surface area contributed by atoms with Gasteiger partial charge in [-0.15, -0.1) is 0 Å². The number of urea groups is 1. The minimum atomic E-state index is -0.806. The molecule has 5 rings (SSSR count). The summed E-state index contributed by atoms with van der Waals surface area (Å²) in [7, 11) is 0. The molecule has 1 aliphatic rings. The van der Waals surface area contributed by atoms with Crippen molar-refractivity contribution in [2.75, 3.05) is 13.2 Å². The van der Waals surface area contributed by atoms with E-state index in [0.29, 0.717) is 23.6 Å². The Hall–Kier alpha value is -4.17. The number of aryl methyl sites for hydroxylation is 1. The number of rotatable bonds is 8. The van der Waals surface area contributed by atoms with E-state index in [1.165, 1.54) is 4.90 Å². The maximum absolute atomic E-state index is 13.6. The Balaban J connectivity index is 1.48. The number of hydrogen-bond donors (Lipinski definition) is 3. The first-order valence-corrected chi connectivity index (χ1v) is 11.5. The van der Waals surface area contributed by atoms with Gasteiger partial charge in [-0.05, 0) is 47.9 Å². The molecule has 1 aromatic heterocycles. The highest BCUT2D eigenvalue weighted by Gasteiger charge is 2.44. The Morgan fingerprint density at radius 1 is 1.06 bits per heavy atom. The second kappa shape index (κ2) is 9.60. The van der Waals surface area contributed by atoms with Crippen LogP contribution in [0.2, 0.25) is 0 Å². The molecule has 4 aromatic rings. The van der Waals surface area contributed by atoms with Crippen LogP contribution in [0, 0.1) is 6.92 Å². The lowest BCUT2D eigenvalue weighted by atomic mass is 10.0. The van der Waals surface area contributed by atoms with Crippen LogP contribution in [0.15, 0.2) is 72.8 Å². The number of hydrogen-bond acceptors (Lipinski definition) is 5. The van der Waals surface area contributed by atoms with Gasteiger partial charge >= 0.3 is 6.03 Å². The quantitative estimate of drug-likeness (QED) is 0.340. The first kappa shape index (κ1) is 22.6. The highest BCUT2D eigenvalue weighted by molar-refractivity contribution is 6.05. The van der Waals surface area contributed by atoms with Crippen LogP contribution in [-0.4, -0.2) is 45.1 Å². The third-order valence-corrected chi connectivity index (χ3v) is 6.10. The Kier molecular flexibility index (Phi) is 6.20. The number of H-pyrrole nitrogens is 1. The number of aliphatic hydroxyl groups excluding tert-OH is 1. The number of benzene rings is 3. The van der Waals surface area contributed by atoms with E-state index in [1.807, 2.05) is 55.5 Å². The van der Waals surface area contributed by atoms with Crippen molar-refractivity contribution in [1.82, 2.24) is 20.2 Å². The van der Waals surface area contributed by atoms with Crippen LogP contribution in [0.3, 0.4) is 0 Å². The molecule has 1 fully saturated rings. The van der Waals surface area contributed by atoms with Gasteiger partial charge < -0.3 is 20.1 Å². The van der Waals surface area contributed by atoms with Gasteiger partial charge in [0.05, 0.1) is 17.6 Å². The second-order valence-corrected chi connectivity index (χ2v) is 8.58. The maximum atomic E-state index is 13.6. The van der Waals surface area contributed by atoms with Crippen LogP contribution in [-0.2, 0) is 11.2 Å².